The number of rotatable bonds is 5. The summed E-state index contributed by atoms with van der Waals surface area (Å²) in [7, 11) is 4.28. The largest absolute Gasteiger partial charge is 0.513 e. The second-order valence-electron chi connectivity index (χ2n) is 5.43. The predicted molar refractivity (Wildman–Crippen MR) is 117 cm³/mol. The number of allylic oxidation sites excluding steroid dienone is 3. The Morgan fingerprint density at radius 3 is 2.45 bits per heavy atom. The van der Waals surface area contributed by atoms with Gasteiger partial charge >= 0.3 is 6.16 Å². The van der Waals surface area contributed by atoms with Gasteiger partial charge in [-0.05, 0) is 19.2 Å². The number of hydrogen-bond acceptors (Lipinski definition) is 8. The predicted octanol–water partition coefficient (Wildman–Crippen LogP) is 3.97. The van der Waals surface area contributed by atoms with Crippen molar-refractivity contribution in [3.05, 3.63) is 41.1 Å². The molecule has 8 nitrogen and oxygen atoms in total. The maximum atomic E-state index is 11.8. The van der Waals surface area contributed by atoms with E-state index in [0.717, 1.165) is 0 Å². The van der Waals surface area contributed by atoms with Crippen LogP contribution < -0.4 is 11.1 Å². The summed E-state index contributed by atoms with van der Waals surface area (Å²) in [5.41, 5.74) is 5.66. The normalized spacial score (nSPS) is 14.9. The van der Waals surface area contributed by atoms with Crippen LogP contribution in [0.25, 0.3) is 5.57 Å². The van der Waals surface area contributed by atoms with Crippen molar-refractivity contribution in [2.45, 2.75) is 33.8 Å². The molecule has 0 bridgehead atoms. The average Bonchev–Trinajstić information content (AvgIpc) is 3.10. The number of nitrogens with one attached hydrogen (secondary N) is 1. The first-order chi connectivity index (χ1) is 13.9. The first-order valence-corrected chi connectivity index (χ1v) is 10.1. The van der Waals surface area contributed by atoms with E-state index in [1.807, 2.05) is 19.9 Å². The van der Waals surface area contributed by atoms with Crippen LogP contribution in [-0.4, -0.2) is 44.4 Å². The van der Waals surface area contributed by atoms with Gasteiger partial charge in [0.25, 0.3) is 0 Å². The van der Waals surface area contributed by atoms with Crippen LogP contribution in [-0.2, 0) is 19.0 Å². The number of hydrogen-bond donors (Lipinski definition) is 2. The number of anilines is 1. The number of nitrogens with two attached hydrogens (primary N) is 1. The van der Waals surface area contributed by atoms with Gasteiger partial charge in [0.05, 0.1) is 18.9 Å². The van der Waals surface area contributed by atoms with Crippen molar-refractivity contribution in [2.24, 2.45) is 11.7 Å². The minimum absolute atomic E-state index is 0.114. The summed E-state index contributed by atoms with van der Waals surface area (Å²) < 4.78 is 15.1. The molecular weight excluding hydrogens is 394 g/mol. The molecule has 162 valence electrons. The van der Waals surface area contributed by atoms with Crippen LogP contribution >= 0.6 is 11.3 Å². The Bertz CT molecular complexity index is 738. The highest BCUT2D eigenvalue weighted by molar-refractivity contribution is 7.14. The third kappa shape index (κ3) is 8.59. The SMILES string of the molecule is CC.CN.COC(=O)OC1=CC(OC)C=CC=C1c1csc(NC(=O)C(C)C)n1. The summed E-state index contributed by atoms with van der Waals surface area (Å²) in [6.45, 7) is 7.61. The number of aromatic nitrogens is 1. The molecule has 1 unspecified atom stereocenters. The molecule has 1 aliphatic carbocycles. The van der Waals surface area contributed by atoms with Crippen molar-refractivity contribution in [1.29, 1.82) is 0 Å². The number of carbonyl (C=O) groups is 2. The Labute approximate surface area is 176 Å². The fraction of sp³-hybridized carbons (Fsp3) is 0.450. The minimum Gasteiger partial charge on any atom is -0.437 e. The summed E-state index contributed by atoms with van der Waals surface area (Å²) in [6.07, 6.45) is 5.82. The second kappa shape index (κ2) is 14.5. The van der Waals surface area contributed by atoms with Crippen molar-refractivity contribution in [2.75, 3.05) is 26.6 Å². The monoisotopic (exact) mass is 425 g/mol. The van der Waals surface area contributed by atoms with Gasteiger partial charge in [0, 0.05) is 24.0 Å². The molecule has 3 N–H and O–H groups in total. The zero-order valence-electron chi connectivity index (χ0n) is 18.0. The quantitative estimate of drug-likeness (QED) is 0.686. The van der Waals surface area contributed by atoms with Crippen molar-refractivity contribution >= 4 is 34.1 Å². The van der Waals surface area contributed by atoms with Gasteiger partial charge in [-0.1, -0.05) is 39.8 Å². The van der Waals surface area contributed by atoms with Gasteiger partial charge in [-0.15, -0.1) is 11.3 Å². The van der Waals surface area contributed by atoms with Crippen LogP contribution in [0.2, 0.25) is 0 Å². The van der Waals surface area contributed by atoms with Gasteiger partial charge in [0.1, 0.15) is 5.76 Å². The first-order valence-electron chi connectivity index (χ1n) is 9.18. The molecule has 0 spiro atoms. The van der Waals surface area contributed by atoms with E-state index in [9.17, 15) is 9.59 Å². The third-order valence-corrected chi connectivity index (χ3v) is 4.07. The van der Waals surface area contributed by atoms with Crippen molar-refractivity contribution < 1.29 is 23.8 Å². The van der Waals surface area contributed by atoms with E-state index in [4.69, 9.17) is 9.47 Å². The van der Waals surface area contributed by atoms with Gasteiger partial charge < -0.3 is 25.3 Å². The Hall–Kier alpha value is -2.49. The van der Waals surface area contributed by atoms with Crippen molar-refractivity contribution in [3.8, 4) is 0 Å². The van der Waals surface area contributed by atoms with Gasteiger partial charge in [0.15, 0.2) is 5.13 Å². The lowest BCUT2D eigenvalue weighted by molar-refractivity contribution is -0.118. The molecule has 0 aromatic carbocycles. The topological polar surface area (TPSA) is 113 Å². The van der Waals surface area contributed by atoms with Crippen molar-refractivity contribution in [3.63, 3.8) is 0 Å². The lowest BCUT2D eigenvalue weighted by Gasteiger charge is -2.11. The molecule has 1 aromatic rings. The van der Waals surface area contributed by atoms with Gasteiger partial charge in [-0.3, -0.25) is 4.79 Å². The number of ether oxygens (including phenoxy) is 3. The first kappa shape index (κ1) is 26.5. The summed E-state index contributed by atoms with van der Waals surface area (Å²) in [5, 5.41) is 5.00. The zero-order chi connectivity index (χ0) is 22.4. The lowest BCUT2D eigenvalue weighted by Crippen LogP contribution is -2.17. The molecule has 1 heterocycles. The lowest BCUT2D eigenvalue weighted by atomic mass is 10.1. The maximum absolute atomic E-state index is 11.8. The third-order valence-electron chi connectivity index (χ3n) is 3.31. The van der Waals surface area contributed by atoms with Gasteiger partial charge in [-0.2, -0.15) is 0 Å². The van der Waals surface area contributed by atoms with E-state index in [0.29, 0.717) is 16.4 Å². The molecule has 0 fully saturated rings. The molecule has 0 saturated heterocycles. The molecule has 0 saturated carbocycles. The number of carbonyl (C=O) groups excluding carboxylic acids is 2. The van der Waals surface area contributed by atoms with E-state index in [-0.39, 0.29) is 23.7 Å². The fourth-order valence-electron chi connectivity index (χ4n) is 1.92. The standard InChI is InChI=1S/C17H20N2O5S.C2H6.CH5N/c1-10(2)15(20)19-16-18-13(9-25-16)12-7-5-6-11(22-3)8-14(12)24-17(21)23-4;2*1-2/h5-11H,1-4H3,(H,18,19,20);1-2H3;2H2,1H3. The Morgan fingerprint density at radius 1 is 1.24 bits per heavy atom. The molecular formula is C20H31N3O5S. The highest BCUT2D eigenvalue weighted by Gasteiger charge is 2.20. The second-order valence-corrected chi connectivity index (χ2v) is 6.29. The average molecular weight is 426 g/mol. The molecule has 1 amide bonds. The highest BCUT2D eigenvalue weighted by Crippen LogP contribution is 2.30. The molecule has 29 heavy (non-hydrogen) atoms. The van der Waals surface area contributed by atoms with Crippen LogP contribution in [0, 0.1) is 5.92 Å². The van der Waals surface area contributed by atoms with Crippen LogP contribution in [0.1, 0.15) is 33.4 Å². The Balaban J connectivity index is 0.00000184. The van der Waals surface area contributed by atoms with E-state index in [1.165, 1.54) is 25.5 Å². The van der Waals surface area contributed by atoms with Crippen LogP contribution in [0.15, 0.2) is 35.4 Å². The van der Waals surface area contributed by atoms with E-state index < -0.39 is 6.16 Å². The number of thiazole rings is 1. The molecule has 1 aliphatic rings. The van der Waals surface area contributed by atoms with Gasteiger partial charge in [-0.25, -0.2) is 9.78 Å². The highest BCUT2D eigenvalue weighted by atomic mass is 32.1. The van der Waals surface area contributed by atoms with E-state index >= 15 is 0 Å². The smallest absolute Gasteiger partial charge is 0.437 e. The Kier molecular flexibility index (Phi) is 13.3. The van der Waals surface area contributed by atoms with E-state index in [2.05, 4.69) is 20.8 Å². The maximum Gasteiger partial charge on any atom is 0.513 e. The molecule has 0 radical (unpaired) electrons. The summed E-state index contributed by atoms with van der Waals surface area (Å²) in [5.74, 6) is 0.0142. The Morgan fingerprint density at radius 2 is 1.90 bits per heavy atom. The summed E-state index contributed by atoms with van der Waals surface area (Å²) in [6, 6.07) is 0. The number of nitrogens with zero attached hydrogens (tertiary/aromatic N) is 1. The van der Waals surface area contributed by atoms with E-state index in [1.54, 1.807) is 44.6 Å². The van der Waals surface area contributed by atoms with Crippen molar-refractivity contribution in [1.82, 2.24) is 4.98 Å². The minimum atomic E-state index is -0.836. The molecule has 2 rings (SSSR count). The van der Waals surface area contributed by atoms with Crippen LogP contribution in [0.5, 0.6) is 0 Å². The van der Waals surface area contributed by atoms with Crippen LogP contribution in [0.4, 0.5) is 9.93 Å². The van der Waals surface area contributed by atoms with Gasteiger partial charge in [0.2, 0.25) is 5.91 Å². The van der Waals surface area contributed by atoms with Crippen LogP contribution in [0.3, 0.4) is 0 Å². The molecule has 9 heteroatoms. The molecule has 1 aromatic heterocycles. The number of methoxy groups -OCH3 is 2. The zero-order valence-corrected chi connectivity index (χ0v) is 18.8. The summed E-state index contributed by atoms with van der Waals surface area (Å²) >= 11 is 1.29. The number of amides is 1. The molecule has 0 aliphatic heterocycles. The summed E-state index contributed by atoms with van der Waals surface area (Å²) in [4.78, 5) is 27.7. The molecule has 1 atom stereocenters. The fourth-order valence-corrected chi connectivity index (χ4v) is 2.63.